The number of hydrogen-bond acceptors (Lipinski definition) is 2. The molecule has 2 aliphatic rings. The predicted molar refractivity (Wildman–Crippen MR) is 94.0 cm³/mol. The second-order valence-electron chi connectivity index (χ2n) is 7.13. The molecule has 0 saturated heterocycles. The molecule has 0 aromatic rings. The molecule has 2 heteroatoms. The van der Waals surface area contributed by atoms with E-state index in [0.717, 1.165) is 24.0 Å². The lowest BCUT2D eigenvalue weighted by molar-refractivity contribution is 0.300. The average molecular weight is 304 g/mol. The van der Waals surface area contributed by atoms with E-state index in [1.165, 1.54) is 0 Å². The summed E-state index contributed by atoms with van der Waals surface area (Å²) in [5.74, 6) is 0.321. The third kappa shape index (κ3) is 3.08. The molecular weight excluding hydrogens is 280 g/mol. The minimum atomic E-state index is -1.05. The molecule has 2 rings (SSSR count). The van der Waals surface area contributed by atoms with E-state index in [1.807, 2.05) is 18.2 Å². The maximum atomic E-state index is 9.76. The van der Waals surface area contributed by atoms with E-state index in [0.29, 0.717) is 6.42 Å². The predicted octanol–water partition coefficient (Wildman–Crippen LogP) is 5.26. The highest BCUT2D eigenvalue weighted by Crippen LogP contribution is 2.51. The van der Waals surface area contributed by atoms with Gasteiger partial charge in [-0.25, -0.2) is 0 Å². The number of hydrogen-bond donors (Lipinski definition) is 0. The Hall–Kier alpha value is -2.32. The molecule has 2 atom stereocenters. The van der Waals surface area contributed by atoms with Crippen LogP contribution in [0.25, 0.3) is 0 Å². The van der Waals surface area contributed by atoms with Crippen molar-refractivity contribution in [1.82, 2.24) is 0 Å². The fourth-order valence-corrected chi connectivity index (χ4v) is 3.78. The lowest BCUT2D eigenvalue weighted by Gasteiger charge is -2.39. The zero-order valence-corrected chi connectivity index (χ0v) is 14.0. The second-order valence-corrected chi connectivity index (χ2v) is 7.13. The molecule has 2 aliphatic carbocycles. The fourth-order valence-electron chi connectivity index (χ4n) is 3.78. The van der Waals surface area contributed by atoms with Gasteiger partial charge in [0.25, 0.3) is 0 Å². The van der Waals surface area contributed by atoms with Gasteiger partial charge in [0.05, 0.1) is 12.1 Å². The Kier molecular flexibility index (Phi) is 4.76. The summed E-state index contributed by atoms with van der Waals surface area (Å²) in [5.41, 5.74) is 1.06. The minimum absolute atomic E-state index is 0.0240. The quantitative estimate of drug-likeness (QED) is 0.527. The summed E-state index contributed by atoms with van der Waals surface area (Å²) in [4.78, 5) is 0. The van der Waals surface area contributed by atoms with E-state index >= 15 is 0 Å². The molecule has 0 spiro atoms. The highest BCUT2D eigenvalue weighted by atomic mass is 14.5. The molecule has 0 amide bonds. The summed E-state index contributed by atoms with van der Waals surface area (Å²) in [6, 6.07) is 4.61. The van der Waals surface area contributed by atoms with Gasteiger partial charge in [-0.1, -0.05) is 63.5 Å². The highest BCUT2D eigenvalue weighted by Gasteiger charge is 2.45. The Bertz CT molecular complexity index is 660. The van der Waals surface area contributed by atoms with Crippen LogP contribution in [0, 0.1) is 45.3 Å². The maximum Gasteiger partial charge on any atom is 0.168 e. The first-order valence-electron chi connectivity index (χ1n) is 8.10. The van der Waals surface area contributed by atoms with Gasteiger partial charge in [0, 0.05) is 12.3 Å². The van der Waals surface area contributed by atoms with Crippen LogP contribution in [0.3, 0.4) is 0 Å². The Morgan fingerprint density at radius 3 is 2.57 bits per heavy atom. The van der Waals surface area contributed by atoms with Crippen molar-refractivity contribution in [3.05, 3.63) is 60.8 Å². The zero-order chi connectivity index (χ0) is 17.1. The molecule has 0 aliphatic heterocycles. The van der Waals surface area contributed by atoms with Crippen molar-refractivity contribution >= 4 is 0 Å². The summed E-state index contributed by atoms with van der Waals surface area (Å²) >= 11 is 0. The Morgan fingerprint density at radius 2 is 2.00 bits per heavy atom. The van der Waals surface area contributed by atoms with Gasteiger partial charge in [0.15, 0.2) is 5.41 Å². The van der Waals surface area contributed by atoms with Crippen LogP contribution in [0.1, 0.15) is 33.1 Å². The van der Waals surface area contributed by atoms with E-state index in [-0.39, 0.29) is 17.3 Å². The van der Waals surface area contributed by atoms with Crippen LogP contribution in [0.5, 0.6) is 0 Å². The van der Waals surface area contributed by atoms with Gasteiger partial charge >= 0.3 is 0 Å². The SMILES string of the molecule is C=C/C=C(\C=C)C1C=CCC(C#N)(C#N)C2=CC(C)(C)CC[C@H]21. The average Bonchev–Trinajstić information content (AvgIpc) is 2.68. The van der Waals surface area contributed by atoms with Gasteiger partial charge < -0.3 is 0 Å². The Labute approximate surface area is 139 Å². The lowest BCUT2D eigenvalue weighted by atomic mass is 9.62. The number of allylic oxidation sites excluding steroid dienone is 8. The van der Waals surface area contributed by atoms with Gasteiger partial charge in [-0.05, 0) is 35.3 Å². The van der Waals surface area contributed by atoms with Crippen molar-refractivity contribution in [2.45, 2.75) is 33.1 Å². The summed E-state index contributed by atoms with van der Waals surface area (Å²) < 4.78 is 0. The van der Waals surface area contributed by atoms with Gasteiger partial charge in [-0.3, -0.25) is 0 Å². The standard InChI is InChI=1S/C21H24N2/c1-5-8-16(6-2)17-9-7-11-21(14-22,15-23)19-13-20(3,4)12-10-18(17)19/h5-9,13,17-18H,1-2,10-12H2,3-4H3/b16-8+/t17?,18-/m0/s1. The number of rotatable bonds is 3. The third-order valence-electron chi connectivity index (χ3n) is 5.05. The van der Waals surface area contributed by atoms with Gasteiger partial charge in [-0.2, -0.15) is 10.5 Å². The molecule has 0 radical (unpaired) electrons. The van der Waals surface area contributed by atoms with Crippen molar-refractivity contribution in [2.75, 3.05) is 0 Å². The molecule has 0 saturated carbocycles. The van der Waals surface area contributed by atoms with Crippen LogP contribution in [0.15, 0.2) is 60.8 Å². The highest BCUT2D eigenvalue weighted by molar-refractivity contribution is 5.43. The van der Waals surface area contributed by atoms with Crippen LogP contribution in [-0.2, 0) is 0 Å². The Morgan fingerprint density at radius 1 is 1.30 bits per heavy atom. The van der Waals surface area contributed by atoms with Crippen LogP contribution in [0.4, 0.5) is 0 Å². The van der Waals surface area contributed by atoms with Crippen molar-refractivity contribution in [3.63, 3.8) is 0 Å². The molecule has 2 nitrogen and oxygen atoms in total. The maximum absolute atomic E-state index is 9.76. The summed E-state index contributed by atoms with van der Waals surface area (Å²) in [5, 5.41) is 19.5. The van der Waals surface area contributed by atoms with Gasteiger partial charge in [0.1, 0.15) is 0 Å². The van der Waals surface area contributed by atoms with Crippen LogP contribution >= 0.6 is 0 Å². The first kappa shape index (κ1) is 17.0. The van der Waals surface area contributed by atoms with Gasteiger partial charge in [-0.15, -0.1) is 0 Å². The summed E-state index contributed by atoms with van der Waals surface area (Å²) in [7, 11) is 0. The lowest BCUT2D eigenvalue weighted by Crippen LogP contribution is -2.32. The molecule has 118 valence electrons. The largest absolute Gasteiger partial charge is 0.196 e. The van der Waals surface area contributed by atoms with Crippen LogP contribution < -0.4 is 0 Å². The third-order valence-corrected chi connectivity index (χ3v) is 5.05. The molecule has 0 bridgehead atoms. The number of nitrogens with zero attached hydrogens (tertiary/aromatic N) is 2. The minimum Gasteiger partial charge on any atom is -0.196 e. The molecule has 0 fully saturated rings. The van der Waals surface area contributed by atoms with Crippen molar-refractivity contribution in [3.8, 4) is 12.1 Å². The van der Waals surface area contributed by atoms with Crippen molar-refractivity contribution in [1.29, 1.82) is 10.5 Å². The van der Waals surface area contributed by atoms with E-state index in [9.17, 15) is 10.5 Å². The monoisotopic (exact) mass is 304 g/mol. The molecule has 0 heterocycles. The molecular formula is C21H24N2. The topological polar surface area (TPSA) is 47.6 Å². The van der Waals surface area contributed by atoms with E-state index in [2.05, 4.69) is 51.3 Å². The van der Waals surface area contributed by atoms with Gasteiger partial charge in [0.2, 0.25) is 0 Å². The first-order chi connectivity index (χ1) is 10.9. The van der Waals surface area contributed by atoms with Crippen molar-refractivity contribution in [2.24, 2.45) is 22.7 Å². The Balaban J connectivity index is 2.63. The fraction of sp³-hybridized carbons (Fsp3) is 0.429. The normalized spacial score (nSPS) is 28.3. The number of nitriles is 2. The van der Waals surface area contributed by atoms with Crippen molar-refractivity contribution < 1.29 is 0 Å². The smallest absolute Gasteiger partial charge is 0.168 e. The van der Waals surface area contributed by atoms with E-state index in [1.54, 1.807) is 6.08 Å². The molecule has 0 aromatic carbocycles. The van der Waals surface area contributed by atoms with E-state index in [4.69, 9.17) is 0 Å². The van der Waals surface area contributed by atoms with Crippen LogP contribution in [0.2, 0.25) is 0 Å². The number of fused-ring (bicyclic) bond motifs is 1. The van der Waals surface area contributed by atoms with E-state index < -0.39 is 5.41 Å². The molecule has 0 aromatic heterocycles. The van der Waals surface area contributed by atoms with Crippen LogP contribution in [-0.4, -0.2) is 0 Å². The zero-order valence-electron chi connectivity index (χ0n) is 14.0. The molecule has 23 heavy (non-hydrogen) atoms. The second kappa shape index (κ2) is 6.43. The summed E-state index contributed by atoms with van der Waals surface area (Å²) in [6.07, 6.45) is 14.4. The first-order valence-corrected chi connectivity index (χ1v) is 8.10. The molecule has 0 N–H and O–H groups in total. The summed E-state index contributed by atoms with van der Waals surface area (Å²) in [6.45, 7) is 12.1. The molecule has 1 unspecified atom stereocenters.